The van der Waals surface area contributed by atoms with E-state index in [2.05, 4.69) is 34.6 Å². The number of hydrogen-bond acceptors (Lipinski definition) is 2. The standard InChI is InChI=1S/C18H16N2O/c21-18-14-9-5-4-8-13(14)10-17(20-18)19-16-11-15(16)12-6-2-1-3-7-12/h1-10,15-16H,11H2,(H2,19,20,21). The average molecular weight is 276 g/mol. The van der Waals surface area contributed by atoms with E-state index < -0.39 is 0 Å². The highest BCUT2D eigenvalue weighted by Gasteiger charge is 2.38. The summed E-state index contributed by atoms with van der Waals surface area (Å²) >= 11 is 0. The number of hydrogen-bond donors (Lipinski definition) is 2. The molecule has 104 valence electrons. The first-order valence-corrected chi connectivity index (χ1v) is 7.25. The van der Waals surface area contributed by atoms with E-state index in [9.17, 15) is 4.79 Å². The Bertz CT molecular complexity index is 838. The molecule has 3 heteroatoms. The third-order valence-corrected chi connectivity index (χ3v) is 4.11. The second-order valence-corrected chi connectivity index (χ2v) is 5.60. The van der Waals surface area contributed by atoms with Gasteiger partial charge in [-0.2, -0.15) is 0 Å². The van der Waals surface area contributed by atoms with Gasteiger partial charge in [0, 0.05) is 17.3 Å². The molecule has 1 aliphatic carbocycles. The molecular formula is C18H16N2O. The maximum atomic E-state index is 12.1. The molecule has 0 amide bonds. The Morgan fingerprint density at radius 1 is 1.00 bits per heavy atom. The zero-order chi connectivity index (χ0) is 14.2. The van der Waals surface area contributed by atoms with Crippen molar-refractivity contribution < 1.29 is 0 Å². The molecule has 1 heterocycles. The van der Waals surface area contributed by atoms with E-state index in [-0.39, 0.29) is 5.56 Å². The van der Waals surface area contributed by atoms with Crippen molar-refractivity contribution in [1.82, 2.24) is 4.98 Å². The Morgan fingerprint density at radius 2 is 1.76 bits per heavy atom. The van der Waals surface area contributed by atoms with Gasteiger partial charge in [0.15, 0.2) is 0 Å². The van der Waals surface area contributed by atoms with Gasteiger partial charge in [-0.1, -0.05) is 48.5 Å². The number of rotatable bonds is 3. The summed E-state index contributed by atoms with van der Waals surface area (Å²) < 4.78 is 0. The van der Waals surface area contributed by atoms with E-state index in [0.29, 0.717) is 12.0 Å². The summed E-state index contributed by atoms with van der Waals surface area (Å²) in [4.78, 5) is 15.0. The normalized spacial score (nSPS) is 20.4. The largest absolute Gasteiger partial charge is 0.368 e. The molecule has 0 aliphatic heterocycles. The van der Waals surface area contributed by atoms with E-state index in [1.165, 1.54) is 5.56 Å². The fourth-order valence-corrected chi connectivity index (χ4v) is 2.91. The van der Waals surface area contributed by atoms with Crippen LogP contribution < -0.4 is 10.9 Å². The molecule has 1 aromatic heterocycles. The fourth-order valence-electron chi connectivity index (χ4n) is 2.91. The molecule has 3 aromatic rings. The lowest BCUT2D eigenvalue weighted by Gasteiger charge is -2.07. The fraction of sp³-hybridized carbons (Fsp3) is 0.167. The second-order valence-electron chi connectivity index (χ2n) is 5.60. The van der Waals surface area contributed by atoms with Gasteiger partial charge in [-0.05, 0) is 29.5 Å². The van der Waals surface area contributed by atoms with Gasteiger partial charge in [-0.15, -0.1) is 0 Å². The van der Waals surface area contributed by atoms with E-state index in [1.54, 1.807) is 0 Å². The maximum absolute atomic E-state index is 12.1. The summed E-state index contributed by atoms with van der Waals surface area (Å²) in [6, 6.07) is 20.6. The molecule has 2 aromatic carbocycles. The smallest absolute Gasteiger partial charge is 0.257 e. The first kappa shape index (κ1) is 12.2. The molecule has 2 atom stereocenters. The van der Waals surface area contributed by atoms with Crippen LogP contribution in [0.1, 0.15) is 17.9 Å². The van der Waals surface area contributed by atoms with Crippen LogP contribution in [0.5, 0.6) is 0 Å². The molecule has 4 rings (SSSR count). The third-order valence-electron chi connectivity index (χ3n) is 4.11. The van der Waals surface area contributed by atoms with E-state index in [0.717, 1.165) is 23.0 Å². The molecule has 0 spiro atoms. The van der Waals surface area contributed by atoms with Crippen LogP contribution in [0, 0.1) is 0 Å². The van der Waals surface area contributed by atoms with Crippen molar-refractivity contribution >= 4 is 16.6 Å². The summed E-state index contributed by atoms with van der Waals surface area (Å²) in [5.74, 6) is 1.35. The van der Waals surface area contributed by atoms with Crippen molar-refractivity contribution in [2.75, 3.05) is 5.32 Å². The summed E-state index contributed by atoms with van der Waals surface area (Å²) in [5, 5.41) is 5.15. The number of aromatic amines is 1. The van der Waals surface area contributed by atoms with Gasteiger partial charge in [0.05, 0.1) is 0 Å². The van der Waals surface area contributed by atoms with Crippen LogP contribution in [-0.4, -0.2) is 11.0 Å². The highest BCUT2D eigenvalue weighted by molar-refractivity contribution is 5.83. The van der Waals surface area contributed by atoms with Crippen LogP contribution in [0.3, 0.4) is 0 Å². The van der Waals surface area contributed by atoms with Crippen LogP contribution in [0.25, 0.3) is 10.8 Å². The second kappa shape index (κ2) is 4.77. The van der Waals surface area contributed by atoms with E-state index in [4.69, 9.17) is 0 Å². The van der Waals surface area contributed by atoms with Crippen LogP contribution in [0.15, 0.2) is 65.5 Å². The Morgan fingerprint density at radius 3 is 2.62 bits per heavy atom. The lowest BCUT2D eigenvalue weighted by molar-refractivity contribution is 1.03. The molecule has 2 N–H and O–H groups in total. The van der Waals surface area contributed by atoms with Gasteiger partial charge in [-0.25, -0.2) is 0 Å². The minimum absolute atomic E-state index is 0.0347. The molecule has 0 saturated heterocycles. The van der Waals surface area contributed by atoms with Crippen LogP contribution >= 0.6 is 0 Å². The number of H-pyrrole nitrogens is 1. The van der Waals surface area contributed by atoms with E-state index >= 15 is 0 Å². The third kappa shape index (κ3) is 2.31. The maximum Gasteiger partial charge on any atom is 0.257 e. The van der Waals surface area contributed by atoms with Crippen LogP contribution in [-0.2, 0) is 0 Å². The van der Waals surface area contributed by atoms with Gasteiger partial charge in [0.25, 0.3) is 5.56 Å². The summed E-state index contributed by atoms with van der Waals surface area (Å²) in [6.07, 6.45) is 1.11. The molecule has 1 fully saturated rings. The van der Waals surface area contributed by atoms with Crippen molar-refractivity contribution in [3.05, 3.63) is 76.6 Å². The number of anilines is 1. The van der Waals surface area contributed by atoms with Crippen molar-refractivity contribution in [3.63, 3.8) is 0 Å². The Balaban J connectivity index is 1.58. The summed E-state index contributed by atoms with van der Waals surface area (Å²) in [5.41, 5.74) is 1.32. The van der Waals surface area contributed by atoms with Gasteiger partial charge in [-0.3, -0.25) is 4.79 Å². The highest BCUT2D eigenvalue weighted by Crippen LogP contribution is 2.42. The first-order chi connectivity index (χ1) is 10.3. The van der Waals surface area contributed by atoms with Gasteiger partial charge < -0.3 is 10.3 Å². The monoisotopic (exact) mass is 276 g/mol. The molecule has 3 nitrogen and oxygen atoms in total. The van der Waals surface area contributed by atoms with Crippen molar-refractivity contribution in [3.8, 4) is 0 Å². The Labute approximate surface area is 122 Å². The average Bonchev–Trinajstić information content (AvgIpc) is 3.27. The zero-order valence-corrected chi connectivity index (χ0v) is 11.5. The predicted octanol–water partition coefficient (Wildman–Crippen LogP) is 3.50. The minimum atomic E-state index is -0.0347. The molecule has 0 radical (unpaired) electrons. The van der Waals surface area contributed by atoms with E-state index in [1.807, 2.05) is 36.4 Å². The van der Waals surface area contributed by atoms with Gasteiger partial charge in [0.2, 0.25) is 0 Å². The van der Waals surface area contributed by atoms with Crippen LogP contribution in [0.4, 0.5) is 5.82 Å². The lowest BCUT2D eigenvalue weighted by Crippen LogP contribution is -2.12. The molecule has 1 aliphatic rings. The molecule has 2 unspecified atom stereocenters. The number of benzene rings is 2. The topological polar surface area (TPSA) is 44.9 Å². The number of aromatic nitrogens is 1. The van der Waals surface area contributed by atoms with Crippen molar-refractivity contribution in [1.29, 1.82) is 0 Å². The first-order valence-electron chi connectivity index (χ1n) is 7.25. The molecular weight excluding hydrogens is 260 g/mol. The number of fused-ring (bicyclic) bond motifs is 1. The van der Waals surface area contributed by atoms with Crippen molar-refractivity contribution in [2.45, 2.75) is 18.4 Å². The predicted molar refractivity (Wildman–Crippen MR) is 85.8 cm³/mol. The van der Waals surface area contributed by atoms with Crippen LogP contribution in [0.2, 0.25) is 0 Å². The SMILES string of the molecule is O=c1[nH]c(NC2CC2c2ccccc2)cc2ccccc12. The summed E-state index contributed by atoms with van der Waals surface area (Å²) in [7, 11) is 0. The molecule has 0 bridgehead atoms. The minimum Gasteiger partial charge on any atom is -0.368 e. The quantitative estimate of drug-likeness (QED) is 0.769. The summed E-state index contributed by atoms with van der Waals surface area (Å²) in [6.45, 7) is 0. The lowest BCUT2D eigenvalue weighted by atomic mass is 10.1. The molecule has 1 saturated carbocycles. The Hall–Kier alpha value is -2.55. The number of pyridine rings is 1. The molecule has 21 heavy (non-hydrogen) atoms. The highest BCUT2D eigenvalue weighted by atomic mass is 16.1. The van der Waals surface area contributed by atoms with Gasteiger partial charge in [0.1, 0.15) is 5.82 Å². The Kier molecular flexibility index (Phi) is 2.78. The van der Waals surface area contributed by atoms with Crippen molar-refractivity contribution in [2.24, 2.45) is 0 Å². The zero-order valence-electron chi connectivity index (χ0n) is 11.5. The van der Waals surface area contributed by atoms with Gasteiger partial charge >= 0.3 is 0 Å². The number of nitrogens with one attached hydrogen (secondary N) is 2.